The van der Waals surface area contributed by atoms with Crippen molar-refractivity contribution in [1.82, 2.24) is 5.32 Å². The third-order valence-corrected chi connectivity index (χ3v) is 15.8. The lowest BCUT2D eigenvalue weighted by Gasteiger charge is -2.29. The number of unbranched alkanes of at least 4 members (excludes halogenated alkanes) is 29. The van der Waals surface area contributed by atoms with Gasteiger partial charge in [0.1, 0.15) is 13.2 Å². The Morgan fingerprint density at radius 2 is 0.738 bits per heavy atom. The van der Waals surface area contributed by atoms with Gasteiger partial charge in [-0.05, 0) is 103 Å². The predicted octanol–water partition coefficient (Wildman–Crippen LogP) is 21.6. The molecule has 0 saturated carbocycles. The summed E-state index contributed by atoms with van der Waals surface area (Å²) in [5, 5.41) is 13.9. The minimum absolute atomic E-state index is 0.0153. The summed E-state index contributed by atoms with van der Waals surface area (Å²) in [5.41, 5.74) is 0. The molecule has 3 unspecified atom stereocenters. The topological polar surface area (TPSA) is 108 Å². The van der Waals surface area contributed by atoms with Crippen molar-refractivity contribution in [2.75, 3.05) is 40.9 Å². The molecule has 0 aliphatic rings. The molecule has 0 aromatic carbocycles. The van der Waals surface area contributed by atoms with Gasteiger partial charge in [0.25, 0.3) is 7.82 Å². The molecule has 0 heterocycles. The van der Waals surface area contributed by atoms with Crippen LogP contribution in [-0.4, -0.2) is 68.5 Å². The Bertz CT molecular complexity index is 1830. The minimum atomic E-state index is -4.63. The lowest BCUT2D eigenvalue weighted by molar-refractivity contribution is -0.870. The van der Waals surface area contributed by atoms with E-state index in [0.717, 1.165) is 109 Å². The summed E-state index contributed by atoms with van der Waals surface area (Å²) in [6, 6.07) is -0.921. The van der Waals surface area contributed by atoms with Crippen molar-refractivity contribution in [3.05, 3.63) is 134 Å². The van der Waals surface area contributed by atoms with Crippen LogP contribution in [0.4, 0.5) is 0 Å². The smallest absolute Gasteiger partial charge is 0.268 e. The highest BCUT2D eigenvalue weighted by Crippen LogP contribution is 2.38. The van der Waals surface area contributed by atoms with Crippen LogP contribution in [0.5, 0.6) is 0 Å². The molecule has 0 rings (SSSR count). The first-order chi connectivity index (χ1) is 41.0. The molecule has 0 fully saturated rings. The summed E-state index contributed by atoms with van der Waals surface area (Å²) in [6.45, 7) is 4.52. The normalized spacial score (nSPS) is 14.5. The van der Waals surface area contributed by atoms with Crippen LogP contribution in [0, 0.1) is 0 Å². The maximum atomic E-state index is 13.0. The summed E-state index contributed by atoms with van der Waals surface area (Å²) in [5.74, 6) is -0.221. The summed E-state index contributed by atoms with van der Waals surface area (Å²) < 4.78 is 23.4. The van der Waals surface area contributed by atoms with Crippen LogP contribution in [0.1, 0.15) is 284 Å². The van der Waals surface area contributed by atoms with Gasteiger partial charge in [-0.3, -0.25) is 9.36 Å². The van der Waals surface area contributed by atoms with Crippen molar-refractivity contribution in [3.8, 4) is 0 Å². The van der Waals surface area contributed by atoms with Gasteiger partial charge < -0.3 is 28.8 Å². The second kappa shape index (κ2) is 64.1. The average Bonchev–Trinajstić information content (AvgIpc) is 3.56. The molecule has 0 aliphatic carbocycles. The molecule has 0 aliphatic heterocycles. The maximum absolute atomic E-state index is 13.0. The van der Waals surface area contributed by atoms with E-state index < -0.39 is 26.6 Å². The molecule has 0 radical (unpaired) electrons. The first kappa shape index (κ1) is 80.6. The fourth-order valence-corrected chi connectivity index (χ4v) is 10.2. The molecule has 0 spiro atoms. The molecule has 0 aromatic heterocycles. The van der Waals surface area contributed by atoms with Crippen LogP contribution in [0.15, 0.2) is 134 Å². The average molecular weight is 1190 g/mol. The van der Waals surface area contributed by atoms with E-state index >= 15 is 0 Å². The van der Waals surface area contributed by atoms with Crippen LogP contribution in [0.2, 0.25) is 0 Å². The van der Waals surface area contributed by atoms with Gasteiger partial charge in [-0.1, -0.05) is 308 Å². The van der Waals surface area contributed by atoms with Crippen LogP contribution >= 0.6 is 7.82 Å². The molecule has 1 amide bonds. The van der Waals surface area contributed by atoms with E-state index in [-0.39, 0.29) is 12.5 Å². The highest BCUT2D eigenvalue weighted by Gasteiger charge is 2.23. The van der Waals surface area contributed by atoms with Crippen LogP contribution in [-0.2, 0) is 18.4 Å². The number of aliphatic hydroxyl groups is 1. The number of carbonyl (C=O) groups is 1. The number of phosphoric acid groups is 1. The van der Waals surface area contributed by atoms with Gasteiger partial charge in [0.2, 0.25) is 5.91 Å². The zero-order chi connectivity index (χ0) is 61.2. The monoisotopic (exact) mass is 1190 g/mol. The van der Waals surface area contributed by atoms with E-state index in [0.29, 0.717) is 17.4 Å². The predicted molar refractivity (Wildman–Crippen MR) is 366 cm³/mol. The zero-order valence-corrected chi connectivity index (χ0v) is 56.0. The van der Waals surface area contributed by atoms with Crippen molar-refractivity contribution in [2.24, 2.45) is 0 Å². The Labute approximate surface area is 519 Å². The summed E-state index contributed by atoms with van der Waals surface area (Å²) in [4.78, 5) is 25.6. The fourth-order valence-electron chi connectivity index (χ4n) is 9.52. The van der Waals surface area contributed by atoms with Gasteiger partial charge in [-0.25, -0.2) is 0 Å². The number of amides is 1. The Morgan fingerprint density at radius 3 is 1.11 bits per heavy atom. The van der Waals surface area contributed by atoms with Gasteiger partial charge >= 0.3 is 0 Å². The van der Waals surface area contributed by atoms with E-state index in [2.05, 4.69) is 141 Å². The van der Waals surface area contributed by atoms with Crippen LogP contribution in [0.25, 0.3) is 0 Å². The fraction of sp³-hybridized carbons (Fsp3) is 0.693. The second-order valence-corrected chi connectivity index (χ2v) is 25.6. The van der Waals surface area contributed by atoms with E-state index in [1.165, 1.54) is 154 Å². The first-order valence-electron chi connectivity index (χ1n) is 34.5. The van der Waals surface area contributed by atoms with Gasteiger partial charge in [0.15, 0.2) is 0 Å². The quantitative estimate of drug-likeness (QED) is 0.0272. The third-order valence-electron chi connectivity index (χ3n) is 14.8. The molecule has 0 saturated heterocycles. The van der Waals surface area contributed by atoms with Crippen LogP contribution < -0.4 is 10.2 Å². The van der Waals surface area contributed by atoms with Crippen LogP contribution in [0.3, 0.4) is 0 Å². The molecular weight excluding hydrogens is 1060 g/mol. The molecular formula is C75H131N2O6P. The van der Waals surface area contributed by atoms with E-state index in [1.54, 1.807) is 6.08 Å². The Balaban J connectivity index is 4.21. The number of phosphoric ester groups is 1. The highest BCUT2D eigenvalue weighted by molar-refractivity contribution is 7.45. The second-order valence-electron chi connectivity index (χ2n) is 24.1. The van der Waals surface area contributed by atoms with Crippen molar-refractivity contribution in [2.45, 2.75) is 296 Å². The van der Waals surface area contributed by atoms with E-state index in [9.17, 15) is 19.4 Å². The molecule has 482 valence electrons. The number of carbonyl (C=O) groups excluding carboxylic acids is 1. The molecule has 84 heavy (non-hydrogen) atoms. The van der Waals surface area contributed by atoms with Gasteiger partial charge in [0.05, 0.1) is 39.9 Å². The number of rotatable bonds is 62. The molecule has 9 heteroatoms. The third kappa shape index (κ3) is 66.2. The standard InChI is InChI=1S/C75H131N2O6P/c1-6-8-10-12-14-16-18-20-22-24-26-28-30-32-34-35-36-37-38-39-40-41-43-45-47-49-51-53-55-57-59-61-63-65-67-69-75(79)76-73(72-83-84(80,81)82-71-70-77(3,4)5)74(78)68-66-64-62-60-58-56-54-52-50-48-46-44-42-33-31-29-27-25-23-21-19-17-15-13-11-9-7-2/h8,10,14,16,20,22,26,28,32,34,36-37,39-40,43,45,49,51,58,60,66,68,73-74,78H,6-7,9,11-13,15,17-19,21,23-25,27,29-31,33,35,38,41-42,44,46-48,50,52-57,59,61-65,67,69-72H2,1-5H3,(H-,76,79,80,81)/b10-8-,16-14-,22-20-,28-26-,34-32-,37-36-,40-39-,45-43-,51-49-,60-58+,68-66+. The van der Waals surface area contributed by atoms with Crippen molar-refractivity contribution < 1.29 is 32.9 Å². The lowest BCUT2D eigenvalue weighted by atomic mass is 10.0. The Kier molecular flexibility index (Phi) is 61.6. The molecule has 8 nitrogen and oxygen atoms in total. The van der Waals surface area contributed by atoms with Crippen molar-refractivity contribution in [1.29, 1.82) is 0 Å². The van der Waals surface area contributed by atoms with Gasteiger partial charge in [-0.15, -0.1) is 0 Å². The number of hydrogen-bond donors (Lipinski definition) is 2. The Hall–Kier alpha value is -3.36. The summed E-state index contributed by atoms with van der Waals surface area (Å²) >= 11 is 0. The number of likely N-dealkylation sites (N-methyl/N-ethyl adjacent to an activating group) is 1. The number of quaternary nitrogens is 1. The molecule has 0 aromatic rings. The number of nitrogens with one attached hydrogen (secondary N) is 1. The lowest BCUT2D eigenvalue weighted by Crippen LogP contribution is -2.45. The number of hydrogen-bond acceptors (Lipinski definition) is 6. The number of aliphatic hydroxyl groups excluding tert-OH is 1. The minimum Gasteiger partial charge on any atom is -0.756 e. The van der Waals surface area contributed by atoms with E-state index in [1.807, 2.05) is 27.2 Å². The number of nitrogens with zero attached hydrogens (tertiary/aromatic N) is 1. The summed E-state index contributed by atoms with van der Waals surface area (Å²) in [6.07, 6.45) is 97.1. The molecule has 2 N–H and O–H groups in total. The first-order valence-corrected chi connectivity index (χ1v) is 36.0. The van der Waals surface area contributed by atoms with Crippen molar-refractivity contribution >= 4 is 13.7 Å². The largest absolute Gasteiger partial charge is 0.756 e. The van der Waals surface area contributed by atoms with Gasteiger partial charge in [0, 0.05) is 6.42 Å². The van der Waals surface area contributed by atoms with Gasteiger partial charge in [-0.2, -0.15) is 0 Å². The zero-order valence-electron chi connectivity index (χ0n) is 55.1. The van der Waals surface area contributed by atoms with Crippen molar-refractivity contribution in [3.63, 3.8) is 0 Å². The Morgan fingerprint density at radius 1 is 0.429 bits per heavy atom. The summed E-state index contributed by atoms with van der Waals surface area (Å²) in [7, 11) is 1.22. The number of allylic oxidation sites excluding steroid dienone is 21. The molecule has 3 atom stereocenters. The molecule has 0 bridgehead atoms. The SMILES string of the molecule is CC/C=C\C/C=C\C/C=C\C/C=C\C/C=C\C/C=C\C/C=C\C/C=C\C/C=C\CCCCCCCCCC(=O)NC(COP(=O)([O-])OCC[N+](C)(C)C)C(O)/C=C/CC/C=C/CCCCCCCCCCCCCCCCCCCCCCC. The highest BCUT2D eigenvalue weighted by atomic mass is 31.2. The van der Waals surface area contributed by atoms with E-state index in [4.69, 9.17) is 9.05 Å². The maximum Gasteiger partial charge on any atom is 0.268 e.